The lowest BCUT2D eigenvalue weighted by Gasteiger charge is -2.02. The molecule has 11 heavy (non-hydrogen) atoms. The number of nitrogens with zero attached hydrogens (tertiary/aromatic N) is 2. The third kappa shape index (κ3) is 2.20. The lowest BCUT2D eigenvalue weighted by atomic mass is 10.4. The second kappa shape index (κ2) is 3.35. The van der Waals surface area contributed by atoms with Gasteiger partial charge in [-0.2, -0.15) is 4.37 Å². The van der Waals surface area contributed by atoms with Crippen LogP contribution in [0, 0.1) is 19.3 Å². The number of hydrogen-bond acceptors (Lipinski definition) is 4. The van der Waals surface area contributed by atoms with Crippen LogP contribution in [0.15, 0.2) is 0 Å². The highest BCUT2D eigenvalue weighted by molar-refractivity contribution is 7.09. The van der Waals surface area contributed by atoms with Gasteiger partial charge in [0.15, 0.2) is 0 Å². The van der Waals surface area contributed by atoms with Crippen LogP contribution in [0.25, 0.3) is 0 Å². The molecule has 0 aromatic carbocycles. The molecule has 58 valence electrons. The Morgan fingerprint density at radius 2 is 2.45 bits per heavy atom. The Bertz CT molecular complexity index is 273. The molecule has 0 amide bonds. The van der Waals surface area contributed by atoms with Crippen LogP contribution in [-0.4, -0.2) is 15.4 Å². The van der Waals surface area contributed by atoms with E-state index in [1.54, 1.807) is 0 Å². The Hall–Kier alpha value is -1.08. The van der Waals surface area contributed by atoms with Gasteiger partial charge in [0.1, 0.15) is 5.82 Å². The zero-order valence-corrected chi connectivity index (χ0v) is 7.27. The lowest BCUT2D eigenvalue weighted by molar-refractivity contribution is 1.02. The van der Waals surface area contributed by atoms with E-state index in [4.69, 9.17) is 6.42 Å². The molecule has 1 aromatic heterocycles. The minimum atomic E-state index is 0.0161. The van der Waals surface area contributed by atoms with Gasteiger partial charge >= 0.3 is 0 Å². The summed E-state index contributed by atoms with van der Waals surface area (Å²) in [5.41, 5.74) is 0. The van der Waals surface area contributed by atoms with E-state index in [2.05, 4.69) is 20.6 Å². The molecule has 1 rings (SSSR count). The minimum absolute atomic E-state index is 0.0161. The molecule has 0 fully saturated rings. The molecule has 0 saturated heterocycles. The van der Waals surface area contributed by atoms with Crippen molar-refractivity contribution in [2.75, 3.05) is 5.32 Å². The number of aryl methyl sites for hydroxylation is 1. The van der Waals surface area contributed by atoms with Crippen LogP contribution < -0.4 is 5.32 Å². The van der Waals surface area contributed by atoms with Crippen LogP contribution in [0.1, 0.15) is 12.7 Å². The number of aromatic nitrogens is 2. The van der Waals surface area contributed by atoms with Crippen molar-refractivity contribution in [2.45, 2.75) is 19.9 Å². The number of terminal acetylenes is 1. The molecule has 0 radical (unpaired) electrons. The summed E-state index contributed by atoms with van der Waals surface area (Å²) in [5, 5.41) is 3.81. The largest absolute Gasteiger partial charge is 0.347 e. The molecule has 0 aliphatic heterocycles. The maximum atomic E-state index is 5.17. The normalized spacial score (nSPS) is 12.1. The molecule has 1 N–H and O–H groups in total. The predicted octanol–water partition coefficient (Wildman–Crippen LogP) is 1.28. The fourth-order valence-electron chi connectivity index (χ4n) is 0.583. The first kappa shape index (κ1) is 8.02. The summed E-state index contributed by atoms with van der Waals surface area (Å²) < 4.78 is 4.00. The van der Waals surface area contributed by atoms with Gasteiger partial charge in [-0.05, 0) is 13.8 Å². The maximum absolute atomic E-state index is 5.17. The summed E-state index contributed by atoms with van der Waals surface area (Å²) >= 11 is 1.33. The fourth-order valence-corrected chi connectivity index (χ4v) is 1.24. The van der Waals surface area contributed by atoms with Gasteiger partial charge in [-0.3, -0.25) is 0 Å². The highest BCUT2D eigenvalue weighted by atomic mass is 32.1. The van der Waals surface area contributed by atoms with Crippen molar-refractivity contribution in [3.05, 3.63) is 5.82 Å². The average Bonchev–Trinajstić information content (AvgIpc) is 2.35. The van der Waals surface area contributed by atoms with E-state index in [9.17, 15) is 0 Å². The smallest absolute Gasteiger partial charge is 0.203 e. The van der Waals surface area contributed by atoms with E-state index in [0.29, 0.717) is 0 Å². The first-order valence-electron chi connectivity index (χ1n) is 3.25. The Morgan fingerprint density at radius 1 is 1.73 bits per heavy atom. The fraction of sp³-hybridized carbons (Fsp3) is 0.429. The summed E-state index contributed by atoms with van der Waals surface area (Å²) in [7, 11) is 0. The minimum Gasteiger partial charge on any atom is -0.347 e. The zero-order chi connectivity index (χ0) is 8.27. The molecule has 3 nitrogen and oxygen atoms in total. The molecule has 0 aliphatic rings. The molecule has 4 heteroatoms. The van der Waals surface area contributed by atoms with Gasteiger partial charge in [0.05, 0.1) is 6.04 Å². The van der Waals surface area contributed by atoms with Gasteiger partial charge in [-0.1, -0.05) is 5.92 Å². The van der Waals surface area contributed by atoms with E-state index in [1.807, 2.05) is 13.8 Å². The average molecular weight is 167 g/mol. The highest BCUT2D eigenvalue weighted by Gasteiger charge is 2.01. The number of hydrogen-bond donors (Lipinski definition) is 1. The third-order valence-electron chi connectivity index (χ3n) is 1.12. The van der Waals surface area contributed by atoms with Crippen molar-refractivity contribution in [1.82, 2.24) is 9.36 Å². The van der Waals surface area contributed by atoms with Gasteiger partial charge in [-0.15, -0.1) is 6.42 Å². The molecule has 1 unspecified atom stereocenters. The number of nitrogens with one attached hydrogen (secondary N) is 1. The molecule has 0 aliphatic carbocycles. The molecular formula is C7H9N3S. The summed E-state index contributed by atoms with van der Waals surface area (Å²) in [4.78, 5) is 4.10. The van der Waals surface area contributed by atoms with Gasteiger partial charge in [0, 0.05) is 11.5 Å². The molecule has 1 atom stereocenters. The predicted molar refractivity (Wildman–Crippen MR) is 46.6 cm³/mol. The monoisotopic (exact) mass is 167 g/mol. The Morgan fingerprint density at radius 3 is 2.91 bits per heavy atom. The molecule has 0 spiro atoms. The maximum Gasteiger partial charge on any atom is 0.203 e. The van der Waals surface area contributed by atoms with Gasteiger partial charge in [0.25, 0.3) is 0 Å². The number of anilines is 1. The van der Waals surface area contributed by atoms with E-state index < -0.39 is 0 Å². The van der Waals surface area contributed by atoms with Crippen LogP contribution in [0.3, 0.4) is 0 Å². The molecule has 0 saturated carbocycles. The second-order valence-electron chi connectivity index (χ2n) is 2.18. The van der Waals surface area contributed by atoms with Crippen molar-refractivity contribution in [1.29, 1.82) is 0 Å². The zero-order valence-electron chi connectivity index (χ0n) is 6.46. The number of rotatable bonds is 2. The van der Waals surface area contributed by atoms with Crippen molar-refractivity contribution in [3.63, 3.8) is 0 Å². The summed E-state index contributed by atoms with van der Waals surface area (Å²) in [6, 6.07) is 0.0161. The summed E-state index contributed by atoms with van der Waals surface area (Å²) in [6.45, 7) is 3.75. The quantitative estimate of drug-likeness (QED) is 0.674. The lowest BCUT2D eigenvalue weighted by Crippen LogP contribution is -2.11. The van der Waals surface area contributed by atoms with E-state index >= 15 is 0 Å². The van der Waals surface area contributed by atoms with Gasteiger partial charge < -0.3 is 5.32 Å². The Labute approximate surface area is 70.0 Å². The first-order valence-corrected chi connectivity index (χ1v) is 4.02. The molecule has 1 heterocycles. The van der Waals surface area contributed by atoms with Crippen molar-refractivity contribution >= 4 is 16.7 Å². The second-order valence-corrected chi connectivity index (χ2v) is 2.93. The van der Waals surface area contributed by atoms with Crippen molar-refractivity contribution in [3.8, 4) is 12.3 Å². The van der Waals surface area contributed by atoms with E-state index in [-0.39, 0.29) is 6.04 Å². The topological polar surface area (TPSA) is 37.8 Å². The molecular weight excluding hydrogens is 158 g/mol. The van der Waals surface area contributed by atoms with Gasteiger partial charge in [-0.25, -0.2) is 4.98 Å². The first-order chi connectivity index (χ1) is 5.22. The SMILES string of the molecule is C#CC(C)Nc1nc(C)ns1. The van der Waals surface area contributed by atoms with Crippen LogP contribution in [0.2, 0.25) is 0 Å². The van der Waals surface area contributed by atoms with Gasteiger partial charge in [0.2, 0.25) is 5.13 Å². The standard InChI is InChI=1S/C7H9N3S/c1-4-5(2)8-7-9-6(3)10-11-7/h1,5H,2-3H3,(H,8,9,10). The van der Waals surface area contributed by atoms with Crippen LogP contribution in [0.5, 0.6) is 0 Å². The molecule has 1 aromatic rings. The van der Waals surface area contributed by atoms with Crippen LogP contribution >= 0.6 is 11.5 Å². The van der Waals surface area contributed by atoms with E-state index in [1.165, 1.54) is 11.5 Å². The summed E-state index contributed by atoms with van der Waals surface area (Å²) in [5.74, 6) is 3.33. The Balaban J connectivity index is 2.59. The third-order valence-corrected chi connectivity index (χ3v) is 1.86. The van der Waals surface area contributed by atoms with Crippen LogP contribution in [0.4, 0.5) is 5.13 Å². The molecule has 0 bridgehead atoms. The van der Waals surface area contributed by atoms with E-state index in [0.717, 1.165) is 11.0 Å². The van der Waals surface area contributed by atoms with Crippen LogP contribution in [-0.2, 0) is 0 Å². The Kier molecular flexibility index (Phi) is 2.44. The highest BCUT2D eigenvalue weighted by Crippen LogP contribution is 2.10. The van der Waals surface area contributed by atoms with Crippen molar-refractivity contribution in [2.24, 2.45) is 0 Å². The summed E-state index contributed by atoms with van der Waals surface area (Å²) in [6.07, 6.45) is 5.17. The van der Waals surface area contributed by atoms with Crippen molar-refractivity contribution < 1.29 is 0 Å².